The van der Waals surface area contributed by atoms with E-state index in [1.54, 1.807) is 12.1 Å². The van der Waals surface area contributed by atoms with Gasteiger partial charge in [-0.25, -0.2) is 0 Å². The molecular weight excluding hydrogens is 279 g/mol. The van der Waals surface area contributed by atoms with Crippen LogP contribution < -0.4 is 10.1 Å². The summed E-state index contributed by atoms with van der Waals surface area (Å²) in [6.07, 6.45) is -4.43. The summed E-state index contributed by atoms with van der Waals surface area (Å²) in [7, 11) is 1.84. The van der Waals surface area contributed by atoms with E-state index in [9.17, 15) is 13.2 Å². The topological polar surface area (TPSA) is 21.3 Å². The van der Waals surface area contributed by atoms with E-state index in [4.69, 9.17) is 4.74 Å². The van der Waals surface area contributed by atoms with E-state index in [-0.39, 0.29) is 11.8 Å². The molecule has 21 heavy (non-hydrogen) atoms. The molecule has 0 heterocycles. The molecule has 2 aromatic rings. The van der Waals surface area contributed by atoms with Crippen LogP contribution >= 0.6 is 0 Å². The molecule has 0 amide bonds. The second-order valence-electron chi connectivity index (χ2n) is 4.68. The molecule has 0 saturated carbocycles. The number of nitrogens with one attached hydrogen (secondary N) is 1. The third kappa shape index (κ3) is 3.76. The number of para-hydroxylation sites is 1. The Hall–Kier alpha value is -2.01. The van der Waals surface area contributed by atoms with Crippen molar-refractivity contribution in [1.29, 1.82) is 0 Å². The number of ether oxygens (including phenoxy) is 1. The molecule has 0 aromatic heterocycles. The van der Waals surface area contributed by atoms with Crippen molar-refractivity contribution in [3.05, 3.63) is 59.7 Å². The van der Waals surface area contributed by atoms with E-state index >= 15 is 0 Å². The number of benzene rings is 2. The Balaban J connectivity index is 2.23. The molecule has 0 bridgehead atoms. The van der Waals surface area contributed by atoms with Gasteiger partial charge in [-0.2, -0.15) is 13.2 Å². The zero-order chi connectivity index (χ0) is 15.5. The number of hydrogen-bond donors (Lipinski definition) is 1. The van der Waals surface area contributed by atoms with E-state index in [0.717, 1.165) is 11.6 Å². The van der Waals surface area contributed by atoms with Crippen LogP contribution in [0.3, 0.4) is 0 Å². The molecule has 0 aliphatic rings. The second-order valence-corrected chi connectivity index (χ2v) is 4.68. The number of hydrogen-bond acceptors (Lipinski definition) is 2. The lowest BCUT2D eigenvalue weighted by atomic mass is 10.1. The fourth-order valence-electron chi connectivity index (χ4n) is 1.91. The fourth-order valence-corrected chi connectivity index (χ4v) is 1.91. The van der Waals surface area contributed by atoms with Crippen LogP contribution in [-0.4, -0.2) is 7.05 Å². The van der Waals surface area contributed by atoms with Crippen molar-refractivity contribution in [2.45, 2.75) is 19.1 Å². The van der Waals surface area contributed by atoms with Crippen LogP contribution in [-0.2, 0) is 6.18 Å². The summed E-state index contributed by atoms with van der Waals surface area (Å²) >= 11 is 0. The Morgan fingerprint density at radius 1 is 1.00 bits per heavy atom. The lowest BCUT2D eigenvalue weighted by Crippen LogP contribution is -2.11. The fraction of sp³-hybridized carbons (Fsp3) is 0.250. The monoisotopic (exact) mass is 295 g/mol. The van der Waals surface area contributed by atoms with Crippen molar-refractivity contribution >= 4 is 0 Å². The highest BCUT2D eigenvalue weighted by molar-refractivity contribution is 5.40. The van der Waals surface area contributed by atoms with Crippen LogP contribution in [0.15, 0.2) is 48.5 Å². The van der Waals surface area contributed by atoms with Gasteiger partial charge < -0.3 is 10.1 Å². The van der Waals surface area contributed by atoms with Crippen LogP contribution in [0, 0.1) is 0 Å². The quantitative estimate of drug-likeness (QED) is 0.876. The Morgan fingerprint density at radius 3 is 2.19 bits per heavy atom. The molecule has 0 radical (unpaired) electrons. The van der Waals surface area contributed by atoms with Crippen molar-refractivity contribution in [3.8, 4) is 11.5 Å². The number of rotatable bonds is 4. The minimum Gasteiger partial charge on any atom is -0.457 e. The lowest BCUT2D eigenvalue weighted by Gasteiger charge is -2.14. The van der Waals surface area contributed by atoms with Crippen LogP contribution in [0.25, 0.3) is 0 Å². The van der Waals surface area contributed by atoms with Crippen LogP contribution in [0.1, 0.15) is 24.1 Å². The second kappa shape index (κ2) is 6.18. The number of halogens is 3. The molecule has 112 valence electrons. The smallest absolute Gasteiger partial charge is 0.419 e. The average molecular weight is 295 g/mol. The summed E-state index contributed by atoms with van der Waals surface area (Å²) in [5.74, 6) is 0.179. The molecule has 0 saturated heterocycles. The van der Waals surface area contributed by atoms with Crippen LogP contribution in [0.5, 0.6) is 11.5 Å². The van der Waals surface area contributed by atoms with Crippen LogP contribution in [0.4, 0.5) is 13.2 Å². The zero-order valence-electron chi connectivity index (χ0n) is 11.7. The first-order valence-electron chi connectivity index (χ1n) is 6.53. The SMILES string of the molecule is CNC(C)c1ccc(Oc2ccccc2C(F)(F)F)cc1. The van der Waals surface area contributed by atoms with E-state index in [2.05, 4.69) is 5.32 Å². The van der Waals surface area contributed by atoms with Gasteiger partial charge in [0.2, 0.25) is 0 Å². The minimum absolute atomic E-state index is 0.168. The molecule has 0 aliphatic heterocycles. The van der Waals surface area contributed by atoms with Gasteiger partial charge in [-0.3, -0.25) is 0 Å². The summed E-state index contributed by atoms with van der Waals surface area (Å²) in [5.41, 5.74) is 0.256. The van der Waals surface area contributed by atoms with Crippen molar-refractivity contribution in [1.82, 2.24) is 5.32 Å². The highest BCUT2D eigenvalue weighted by atomic mass is 19.4. The van der Waals surface area contributed by atoms with Crippen molar-refractivity contribution in [2.75, 3.05) is 7.05 Å². The summed E-state index contributed by atoms with van der Waals surface area (Å²) in [6.45, 7) is 1.99. The highest BCUT2D eigenvalue weighted by Crippen LogP contribution is 2.37. The van der Waals surface area contributed by atoms with E-state index in [1.807, 2.05) is 26.1 Å². The van der Waals surface area contributed by atoms with Gasteiger partial charge in [0.1, 0.15) is 11.5 Å². The molecule has 2 aromatic carbocycles. The van der Waals surface area contributed by atoms with Crippen molar-refractivity contribution in [2.24, 2.45) is 0 Å². The molecule has 0 aliphatic carbocycles. The van der Waals surface area contributed by atoms with Crippen molar-refractivity contribution < 1.29 is 17.9 Å². The summed E-state index contributed by atoms with van der Waals surface area (Å²) in [5, 5.41) is 3.09. The zero-order valence-corrected chi connectivity index (χ0v) is 11.7. The maximum atomic E-state index is 12.9. The third-order valence-corrected chi connectivity index (χ3v) is 3.23. The first-order valence-corrected chi connectivity index (χ1v) is 6.53. The summed E-state index contributed by atoms with van der Waals surface area (Å²) in [4.78, 5) is 0. The van der Waals surface area contributed by atoms with Gasteiger partial charge in [-0.1, -0.05) is 24.3 Å². The number of alkyl halides is 3. The normalized spacial score (nSPS) is 13.0. The molecular formula is C16H16F3NO. The Labute approximate surface area is 121 Å². The predicted molar refractivity (Wildman–Crippen MR) is 75.4 cm³/mol. The molecule has 1 N–H and O–H groups in total. The lowest BCUT2D eigenvalue weighted by molar-refractivity contribution is -0.138. The largest absolute Gasteiger partial charge is 0.457 e. The minimum atomic E-state index is -4.43. The van der Waals surface area contributed by atoms with Gasteiger partial charge in [0.25, 0.3) is 0 Å². The summed E-state index contributed by atoms with van der Waals surface area (Å²) in [6, 6.07) is 12.3. The van der Waals surface area contributed by atoms with Crippen molar-refractivity contribution in [3.63, 3.8) is 0 Å². The molecule has 5 heteroatoms. The molecule has 0 fully saturated rings. The maximum Gasteiger partial charge on any atom is 0.419 e. The predicted octanol–water partition coefficient (Wildman–Crippen LogP) is 4.78. The van der Waals surface area contributed by atoms with Gasteiger partial charge in [-0.05, 0) is 43.8 Å². The van der Waals surface area contributed by atoms with Gasteiger partial charge >= 0.3 is 6.18 Å². The van der Waals surface area contributed by atoms with E-state index in [0.29, 0.717) is 5.75 Å². The standard InChI is InChI=1S/C16H16F3NO/c1-11(20-2)12-7-9-13(10-8-12)21-15-6-4-3-5-14(15)16(17,18)19/h3-11,20H,1-2H3. The van der Waals surface area contributed by atoms with Gasteiger partial charge in [0.15, 0.2) is 0 Å². The summed E-state index contributed by atoms with van der Waals surface area (Å²) < 4.78 is 44.0. The Bertz CT molecular complexity index is 593. The third-order valence-electron chi connectivity index (χ3n) is 3.23. The Morgan fingerprint density at radius 2 is 1.62 bits per heavy atom. The van der Waals surface area contributed by atoms with E-state index in [1.165, 1.54) is 18.2 Å². The van der Waals surface area contributed by atoms with Gasteiger partial charge in [0.05, 0.1) is 5.56 Å². The molecule has 0 spiro atoms. The average Bonchev–Trinajstić information content (AvgIpc) is 2.47. The Kier molecular flexibility index (Phi) is 4.53. The highest BCUT2D eigenvalue weighted by Gasteiger charge is 2.34. The first-order chi connectivity index (χ1) is 9.91. The molecule has 1 unspecified atom stereocenters. The van der Waals surface area contributed by atoms with Gasteiger partial charge in [0, 0.05) is 6.04 Å². The van der Waals surface area contributed by atoms with Crippen LogP contribution in [0.2, 0.25) is 0 Å². The maximum absolute atomic E-state index is 12.9. The molecule has 2 nitrogen and oxygen atoms in total. The molecule has 1 atom stereocenters. The van der Waals surface area contributed by atoms with Gasteiger partial charge in [-0.15, -0.1) is 0 Å². The molecule has 2 rings (SSSR count). The first kappa shape index (κ1) is 15.4. The van der Waals surface area contributed by atoms with E-state index < -0.39 is 11.7 Å².